The molecule has 0 saturated carbocycles. The van der Waals surface area contributed by atoms with Crippen molar-refractivity contribution >= 4 is 0 Å². The monoisotopic (exact) mass is 374 g/mol. The Labute approximate surface area is 167 Å². The Balaban J connectivity index is 1.53. The van der Waals surface area contributed by atoms with E-state index in [0.29, 0.717) is 11.9 Å². The van der Waals surface area contributed by atoms with E-state index >= 15 is 0 Å². The quantitative estimate of drug-likeness (QED) is 0.410. The predicted molar refractivity (Wildman–Crippen MR) is 116 cm³/mol. The lowest BCUT2D eigenvalue weighted by atomic mass is 9.91. The van der Waals surface area contributed by atoms with Crippen LogP contribution in [0.4, 0.5) is 0 Å². The molecule has 154 valence electrons. The highest BCUT2D eigenvalue weighted by Gasteiger charge is 2.20. The second-order valence-electron chi connectivity index (χ2n) is 9.47. The van der Waals surface area contributed by atoms with Gasteiger partial charge in [0.15, 0.2) is 0 Å². The molecule has 0 saturated heterocycles. The van der Waals surface area contributed by atoms with Crippen molar-refractivity contribution in [2.45, 2.75) is 104 Å². The molecule has 1 aromatic rings. The van der Waals surface area contributed by atoms with E-state index in [1.807, 2.05) is 12.1 Å². The number of benzene rings is 1. The Bertz CT molecular complexity index is 537. The van der Waals surface area contributed by atoms with E-state index in [-0.39, 0.29) is 0 Å². The third-order valence-electron chi connectivity index (χ3n) is 6.17. The molecule has 1 N–H and O–H groups in total. The summed E-state index contributed by atoms with van der Waals surface area (Å²) in [6.45, 7) is 9.51. The summed E-state index contributed by atoms with van der Waals surface area (Å²) in [5.74, 6) is 3.90. The highest BCUT2D eigenvalue weighted by molar-refractivity contribution is 5.40. The van der Waals surface area contributed by atoms with Crippen molar-refractivity contribution in [3.8, 4) is 11.5 Å². The topological polar surface area (TPSA) is 29.5 Å². The fraction of sp³-hybridized carbons (Fsp3) is 0.760. The first kappa shape index (κ1) is 22.1. The Morgan fingerprint density at radius 1 is 0.926 bits per heavy atom. The summed E-state index contributed by atoms with van der Waals surface area (Å²) in [7, 11) is 0. The molecule has 1 unspecified atom stereocenters. The molecule has 27 heavy (non-hydrogen) atoms. The van der Waals surface area contributed by atoms with E-state index in [2.05, 4.69) is 27.7 Å². The van der Waals surface area contributed by atoms with Gasteiger partial charge in [0, 0.05) is 0 Å². The minimum atomic E-state index is 0.346. The molecular weight excluding hydrogens is 332 g/mol. The number of phenols is 1. The van der Waals surface area contributed by atoms with Gasteiger partial charge in [-0.25, -0.2) is 0 Å². The van der Waals surface area contributed by atoms with Gasteiger partial charge in [-0.2, -0.15) is 0 Å². The number of hydrogen-bond acceptors (Lipinski definition) is 2. The highest BCUT2D eigenvalue weighted by atomic mass is 16.5. The first-order chi connectivity index (χ1) is 12.9. The van der Waals surface area contributed by atoms with E-state index < -0.39 is 0 Å². The molecule has 0 aromatic heterocycles. The smallest absolute Gasteiger partial charge is 0.123 e. The minimum Gasteiger partial charge on any atom is -0.508 e. The van der Waals surface area contributed by atoms with Crippen LogP contribution in [-0.2, 0) is 6.42 Å². The van der Waals surface area contributed by atoms with Gasteiger partial charge in [-0.15, -0.1) is 0 Å². The van der Waals surface area contributed by atoms with Gasteiger partial charge in [0.05, 0.1) is 6.10 Å². The fourth-order valence-electron chi connectivity index (χ4n) is 4.31. The summed E-state index contributed by atoms with van der Waals surface area (Å²) < 4.78 is 6.12. The van der Waals surface area contributed by atoms with Crippen LogP contribution in [0.25, 0.3) is 0 Å². The van der Waals surface area contributed by atoms with Crippen molar-refractivity contribution < 1.29 is 9.84 Å². The van der Waals surface area contributed by atoms with Crippen LogP contribution in [0.1, 0.15) is 97.5 Å². The normalized spacial score (nSPS) is 18.8. The summed E-state index contributed by atoms with van der Waals surface area (Å²) in [5.41, 5.74) is 1.15. The summed E-state index contributed by atoms with van der Waals surface area (Å²) in [5, 5.41) is 9.57. The van der Waals surface area contributed by atoms with Crippen LogP contribution in [0.5, 0.6) is 11.5 Å². The molecule has 1 aliphatic heterocycles. The summed E-state index contributed by atoms with van der Waals surface area (Å²) in [6.07, 6.45) is 14.6. The summed E-state index contributed by atoms with van der Waals surface area (Å²) in [6, 6.07) is 5.49. The molecule has 0 radical (unpaired) electrons. The van der Waals surface area contributed by atoms with E-state index in [1.165, 1.54) is 51.4 Å². The predicted octanol–water partition coefficient (Wildman–Crippen LogP) is 7.52. The molecule has 2 rings (SSSR count). The zero-order valence-corrected chi connectivity index (χ0v) is 18.2. The lowest BCUT2D eigenvalue weighted by molar-refractivity contribution is 0.158. The molecule has 0 aliphatic carbocycles. The Kier molecular flexibility index (Phi) is 9.51. The Hall–Kier alpha value is -1.18. The zero-order valence-electron chi connectivity index (χ0n) is 18.2. The van der Waals surface area contributed by atoms with Gasteiger partial charge in [-0.3, -0.25) is 0 Å². The molecule has 0 bridgehead atoms. The van der Waals surface area contributed by atoms with Crippen molar-refractivity contribution in [1.29, 1.82) is 0 Å². The van der Waals surface area contributed by atoms with Gasteiger partial charge in [-0.1, -0.05) is 72.6 Å². The van der Waals surface area contributed by atoms with Crippen molar-refractivity contribution in [3.05, 3.63) is 23.8 Å². The van der Waals surface area contributed by atoms with Crippen LogP contribution >= 0.6 is 0 Å². The average Bonchev–Trinajstić information content (AvgIpc) is 2.61. The molecule has 0 fully saturated rings. The second-order valence-corrected chi connectivity index (χ2v) is 9.47. The number of rotatable bonds is 12. The van der Waals surface area contributed by atoms with Gasteiger partial charge in [0.25, 0.3) is 0 Å². The van der Waals surface area contributed by atoms with E-state index in [4.69, 9.17) is 4.74 Å². The highest BCUT2D eigenvalue weighted by Crippen LogP contribution is 2.32. The lowest BCUT2D eigenvalue weighted by Gasteiger charge is -2.26. The van der Waals surface area contributed by atoms with Gasteiger partial charge in [-0.05, 0) is 67.2 Å². The van der Waals surface area contributed by atoms with E-state index in [1.54, 1.807) is 6.07 Å². The number of fused-ring (bicyclic) bond motifs is 1. The molecule has 1 aromatic carbocycles. The standard InChI is InChI=1S/C25H42O2/c1-19(2)8-5-9-20(3)10-6-11-21(4)12-7-13-24-16-14-22-18-23(26)15-17-25(22)27-24/h15,17-21,24,26H,5-14,16H2,1-4H3/t20-,21-,24?/m1/s1. The molecule has 3 atom stereocenters. The summed E-state index contributed by atoms with van der Waals surface area (Å²) >= 11 is 0. The average molecular weight is 375 g/mol. The number of aryl methyl sites for hydroxylation is 1. The fourth-order valence-corrected chi connectivity index (χ4v) is 4.31. The van der Waals surface area contributed by atoms with Crippen LogP contribution < -0.4 is 4.74 Å². The molecule has 1 aliphatic rings. The first-order valence-corrected chi connectivity index (χ1v) is 11.4. The van der Waals surface area contributed by atoms with E-state index in [9.17, 15) is 5.11 Å². The Morgan fingerprint density at radius 2 is 1.56 bits per heavy atom. The maximum absolute atomic E-state index is 9.57. The Morgan fingerprint density at radius 3 is 2.22 bits per heavy atom. The third-order valence-corrected chi connectivity index (χ3v) is 6.17. The van der Waals surface area contributed by atoms with Crippen LogP contribution in [0, 0.1) is 17.8 Å². The van der Waals surface area contributed by atoms with Crippen LogP contribution in [-0.4, -0.2) is 11.2 Å². The molecule has 1 heterocycles. The third kappa shape index (κ3) is 8.58. The maximum Gasteiger partial charge on any atom is 0.123 e. The lowest BCUT2D eigenvalue weighted by Crippen LogP contribution is -2.22. The summed E-state index contributed by atoms with van der Waals surface area (Å²) in [4.78, 5) is 0. The van der Waals surface area contributed by atoms with Crippen LogP contribution in [0.3, 0.4) is 0 Å². The molecular formula is C25H42O2. The maximum atomic E-state index is 9.57. The molecule has 0 spiro atoms. The van der Waals surface area contributed by atoms with E-state index in [0.717, 1.165) is 48.3 Å². The number of phenolic OH excluding ortho intramolecular Hbond substituents is 1. The van der Waals surface area contributed by atoms with Crippen LogP contribution in [0.2, 0.25) is 0 Å². The van der Waals surface area contributed by atoms with Crippen molar-refractivity contribution in [3.63, 3.8) is 0 Å². The van der Waals surface area contributed by atoms with Gasteiger partial charge in [0.2, 0.25) is 0 Å². The van der Waals surface area contributed by atoms with Crippen molar-refractivity contribution in [2.24, 2.45) is 17.8 Å². The van der Waals surface area contributed by atoms with Gasteiger partial charge < -0.3 is 9.84 Å². The SMILES string of the molecule is CC(C)CCC[C@@H](C)CCC[C@@H](C)CCCC1CCc2cc(O)ccc2O1. The van der Waals surface area contributed by atoms with Crippen molar-refractivity contribution in [1.82, 2.24) is 0 Å². The molecule has 2 heteroatoms. The first-order valence-electron chi connectivity index (χ1n) is 11.4. The van der Waals surface area contributed by atoms with Gasteiger partial charge in [0.1, 0.15) is 11.5 Å². The zero-order chi connectivity index (χ0) is 19.6. The number of ether oxygens (including phenoxy) is 1. The number of hydrogen-bond donors (Lipinski definition) is 1. The second kappa shape index (κ2) is 11.6. The van der Waals surface area contributed by atoms with Gasteiger partial charge >= 0.3 is 0 Å². The molecule has 0 amide bonds. The minimum absolute atomic E-state index is 0.346. The van der Waals surface area contributed by atoms with Crippen LogP contribution in [0.15, 0.2) is 18.2 Å². The molecule has 2 nitrogen and oxygen atoms in total. The van der Waals surface area contributed by atoms with Crippen molar-refractivity contribution in [2.75, 3.05) is 0 Å². The largest absolute Gasteiger partial charge is 0.508 e. The number of aromatic hydroxyl groups is 1.